The summed E-state index contributed by atoms with van der Waals surface area (Å²) in [7, 11) is 0. The topological polar surface area (TPSA) is 62.3 Å². The number of para-hydroxylation sites is 1. The molecule has 1 aromatic heterocycles. The van der Waals surface area contributed by atoms with Crippen LogP contribution in [0.3, 0.4) is 0 Å². The van der Waals surface area contributed by atoms with Gasteiger partial charge in [0.15, 0.2) is 0 Å². The van der Waals surface area contributed by atoms with Crippen LogP contribution in [0.1, 0.15) is 41.4 Å². The first-order chi connectivity index (χ1) is 14.0. The Kier molecular flexibility index (Phi) is 5.24. The van der Waals surface area contributed by atoms with Crippen LogP contribution in [0.4, 0.5) is 11.4 Å². The van der Waals surface area contributed by atoms with E-state index in [9.17, 15) is 9.59 Å². The van der Waals surface area contributed by atoms with Gasteiger partial charge in [0.2, 0.25) is 5.91 Å². The summed E-state index contributed by atoms with van der Waals surface area (Å²) in [5.41, 5.74) is 4.40. The third kappa shape index (κ3) is 3.58. The number of carbonyl (C=O) groups excluding carboxylic acids is 2. The molecule has 4 rings (SSSR count). The lowest BCUT2D eigenvalue weighted by Gasteiger charge is -2.18. The predicted octanol–water partition coefficient (Wildman–Crippen LogP) is 5.14. The van der Waals surface area contributed by atoms with E-state index in [2.05, 4.69) is 10.3 Å². The number of benzene rings is 2. The number of nitrogens with zero attached hydrogens (tertiary/aromatic N) is 2. The van der Waals surface area contributed by atoms with Crippen molar-refractivity contribution in [3.05, 3.63) is 64.3 Å². The van der Waals surface area contributed by atoms with Gasteiger partial charge in [-0.25, -0.2) is 0 Å². The van der Waals surface area contributed by atoms with Gasteiger partial charge >= 0.3 is 0 Å². The molecular weight excluding hydrogens is 386 g/mol. The van der Waals surface area contributed by atoms with Crippen molar-refractivity contribution in [1.29, 1.82) is 0 Å². The van der Waals surface area contributed by atoms with E-state index in [-0.39, 0.29) is 11.8 Å². The largest absolute Gasteiger partial charge is 0.321 e. The highest BCUT2D eigenvalue weighted by Crippen LogP contribution is 2.31. The van der Waals surface area contributed by atoms with E-state index in [1.807, 2.05) is 44.2 Å². The Morgan fingerprint density at radius 3 is 2.76 bits per heavy atom. The molecule has 2 heterocycles. The summed E-state index contributed by atoms with van der Waals surface area (Å²) < 4.78 is 0. The average molecular weight is 408 g/mol. The first-order valence-electron chi connectivity index (χ1n) is 9.79. The molecule has 0 radical (unpaired) electrons. The SMILES string of the molecule is CCc1nc2ccccc2c(C(=O)Nc2cc(N3CCCC3=O)ccc2Cl)c1C. The number of anilines is 2. The van der Waals surface area contributed by atoms with E-state index in [0.717, 1.165) is 40.7 Å². The number of carbonyl (C=O) groups is 2. The fraction of sp³-hybridized carbons (Fsp3) is 0.261. The van der Waals surface area contributed by atoms with Gasteiger partial charge in [-0.1, -0.05) is 36.7 Å². The van der Waals surface area contributed by atoms with Crippen molar-refractivity contribution in [3.8, 4) is 0 Å². The molecular formula is C23H22ClN3O2. The molecule has 29 heavy (non-hydrogen) atoms. The smallest absolute Gasteiger partial charge is 0.256 e. The molecule has 0 unspecified atom stereocenters. The lowest BCUT2D eigenvalue weighted by atomic mass is 9.99. The summed E-state index contributed by atoms with van der Waals surface area (Å²) in [5.74, 6) is -0.143. The van der Waals surface area contributed by atoms with Crippen LogP contribution in [0.25, 0.3) is 10.9 Å². The molecule has 3 aromatic rings. The number of amides is 2. The normalized spacial score (nSPS) is 13.9. The molecule has 1 saturated heterocycles. The number of pyridine rings is 1. The standard InChI is InChI=1S/C23H22ClN3O2/c1-3-18-14(2)22(16-7-4-5-8-19(16)25-18)23(29)26-20-13-15(10-11-17(20)24)27-12-6-9-21(27)28/h4-5,7-8,10-11,13H,3,6,9,12H2,1-2H3,(H,26,29). The molecule has 0 spiro atoms. The number of rotatable bonds is 4. The minimum Gasteiger partial charge on any atom is -0.321 e. The van der Waals surface area contributed by atoms with Gasteiger partial charge in [-0.2, -0.15) is 0 Å². The number of aromatic nitrogens is 1. The summed E-state index contributed by atoms with van der Waals surface area (Å²) in [6, 6.07) is 12.9. The van der Waals surface area contributed by atoms with Crippen LogP contribution in [0.5, 0.6) is 0 Å². The fourth-order valence-electron chi connectivity index (χ4n) is 3.88. The first kappa shape index (κ1) is 19.4. The molecule has 5 nitrogen and oxygen atoms in total. The number of hydrogen-bond donors (Lipinski definition) is 1. The monoisotopic (exact) mass is 407 g/mol. The third-order valence-electron chi connectivity index (χ3n) is 5.38. The maximum atomic E-state index is 13.3. The number of fused-ring (bicyclic) bond motifs is 1. The van der Waals surface area contributed by atoms with Crippen molar-refractivity contribution in [3.63, 3.8) is 0 Å². The Morgan fingerprint density at radius 1 is 1.24 bits per heavy atom. The van der Waals surface area contributed by atoms with Crippen molar-refractivity contribution in [2.75, 3.05) is 16.8 Å². The molecule has 0 atom stereocenters. The zero-order valence-corrected chi connectivity index (χ0v) is 17.2. The highest BCUT2D eigenvalue weighted by atomic mass is 35.5. The Labute approximate surface area is 174 Å². The summed E-state index contributed by atoms with van der Waals surface area (Å²) in [6.45, 7) is 4.63. The minimum atomic E-state index is -0.234. The fourth-order valence-corrected chi connectivity index (χ4v) is 4.04. The Morgan fingerprint density at radius 2 is 2.03 bits per heavy atom. The minimum absolute atomic E-state index is 0.0909. The Balaban J connectivity index is 1.74. The quantitative estimate of drug-likeness (QED) is 0.651. The van der Waals surface area contributed by atoms with E-state index in [1.54, 1.807) is 17.0 Å². The summed E-state index contributed by atoms with van der Waals surface area (Å²) >= 11 is 6.36. The van der Waals surface area contributed by atoms with Crippen molar-refractivity contribution in [2.45, 2.75) is 33.1 Å². The predicted molar refractivity (Wildman–Crippen MR) is 117 cm³/mol. The van der Waals surface area contributed by atoms with Crippen molar-refractivity contribution in [1.82, 2.24) is 4.98 Å². The lowest BCUT2D eigenvalue weighted by Crippen LogP contribution is -2.24. The zero-order chi connectivity index (χ0) is 20.5. The lowest BCUT2D eigenvalue weighted by molar-refractivity contribution is -0.117. The van der Waals surface area contributed by atoms with E-state index in [4.69, 9.17) is 11.6 Å². The number of nitrogens with one attached hydrogen (secondary N) is 1. The molecule has 1 fully saturated rings. The Hall–Kier alpha value is -2.92. The first-order valence-corrected chi connectivity index (χ1v) is 10.2. The van der Waals surface area contributed by atoms with E-state index >= 15 is 0 Å². The van der Waals surface area contributed by atoms with Gasteiger partial charge in [0.1, 0.15) is 0 Å². The molecule has 0 bridgehead atoms. The van der Waals surface area contributed by atoms with Crippen LogP contribution >= 0.6 is 11.6 Å². The number of aryl methyl sites for hydroxylation is 1. The zero-order valence-electron chi connectivity index (χ0n) is 16.5. The van der Waals surface area contributed by atoms with Crippen LogP contribution in [0, 0.1) is 6.92 Å². The van der Waals surface area contributed by atoms with Crippen molar-refractivity contribution in [2.24, 2.45) is 0 Å². The van der Waals surface area contributed by atoms with Crippen molar-refractivity contribution >= 4 is 45.7 Å². The van der Waals surface area contributed by atoms with Gasteiger partial charge < -0.3 is 10.2 Å². The van der Waals surface area contributed by atoms with Gasteiger partial charge in [0.05, 0.1) is 21.8 Å². The molecule has 6 heteroatoms. The summed E-state index contributed by atoms with van der Waals surface area (Å²) in [4.78, 5) is 31.8. The van der Waals surface area contributed by atoms with E-state index in [0.29, 0.717) is 29.2 Å². The van der Waals surface area contributed by atoms with Gasteiger partial charge in [-0.15, -0.1) is 0 Å². The van der Waals surface area contributed by atoms with Crippen molar-refractivity contribution < 1.29 is 9.59 Å². The molecule has 0 aliphatic carbocycles. The van der Waals surface area contributed by atoms with Gasteiger partial charge in [-0.3, -0.25) is 14.6 Å². The molecule has 0 saturated carbocycles. The van der Waals surface area contributed by atoms with E-state index in [1.165, 1.54) is 0 Å². The summed E-state index contributed by atoms with van der Waals surface area (Å²) in [6.07, 6.45) is 2.13. The van der Waals surface area contributed by atoms with Crippen LogP contribution in [0.2, 0.25) is 5.02 Å². The van der Waals surface area contributed by atoms with Gasteiger partial charge in [0.25, 0.3) is 5.91 Å². The molecule has 1 aliphatic heterocycles. The van der Waals surface area contributed by atoms with Crippen LogP contribution in [-0.4, -0.2) is 23.3 Å². The second kappa shape index (κ2) is 7.84. The van der Waals surface area contributed by atoms with Crippen LogP contribution < -0.4 is 10.2 Å². The second-order valence-corrected chi connectivity index (χ2v) is 7.60. The van der Waals surface area contributed by atoms with Gasteiger partial charge in [-0.05, 0) is 49.6 Å². The number of hydrogen-bond acceptors (Lipinski definition) is 3. The molecule has 2 amide bonds. The maximum absolute atomic E-state index is 13.3. The molecule has 148 valence electrons. The van der Waals surface area contributed by atoms with Gasteiger partial charge in [0, 0.05) is 29.7 Å². The Bertz CT molecular complexity index is 1130. The number of halogens is 1. The molecule has 2 aromatic carbocycles. The molecule has 1 aliphatic rings. The average Bonchev–Trinajstić information content (AvgIpc) is 3.15. The third-order valence-corrected chi connectivity index (χ3v) is 5.71. The highest BCUT2D eigenvalue weighted by molar-refractivity contribution is 6.34. The second-order valence-electron chi connectivity index (χ2n) is 7.20. The maximum Gasteiger partial charge on any atom is 0.256 e. The van der Waals surface area contributed by atoms with Crippen LogP contribution in [0.15, 0.2) is 42.5 Å². The van der Waals surface area contributed by atoms with Crippen LogP contribution in [-0.2, 0) is 11.2 Å². The molecule has 1 N–H and O–H groups in total. The summed E-state index contributed by atoms with van der Waals surface area (Å²) in [5, 5.41) is 4.19. The highest BCUT2D eigenvalue weighted by Gasteiger charge is 2.23. The van der Waals surface area contributed by atoms with E-state index < -0.39 is 0 Å².